The largest absolute Gasteiger partial charge is 0.369 e. The summed E-state index contributed by atoms with van der Waals surface area (Å²) in [7, 11) is 0. The van der Waals surface area contributed by atoms with Crippen molar-refractivity contribution in [3.63, 3.8) is 0 Å². The molecule has 1 aromatic rings. The molecule has 1 aromatic carbocycles. The molecule has 0 radical (unpaired) electrons. The number of hydrogen-bond donors (Lipinski definition) is 2. The smallest absolute Gasteiger partial charge is 0.247 e. The first-order valence-electron chi connectivity index (χ1n) is 7.06. The van der Waals surface area contributed by atoms with E-state index in [2.05, 4.69) is 10.3 Å². The second kappa shape index (κ2) is 6.43. The number of hydrogen-bond acceptors (Lipinski definition) is 3. The van der Waals surface area contributed by atoms with E-state index >= 15 is 0 Å². The summed E-state index contributed by atoms with van der Waals surface area (Å²) >= 11 is 0. The van der Waals surface area contributed by atoms with Gasteiger partial charge in [-0.2, -0.15) is 5.26 Å². The molecular formula is C15H18FN5O. The summed E-state index contributed by atoms with van der Waals surface area (Å²) in [4.78, 5) is 17.6. The van der Waals surface area contributed by atoms with Crippen LogP contribution in [-0.2, 0) is 11.3 Å². The van der Waals surface area contributed by atoms with Gasteiger partial charge in [0, 0.05) is 12.2 Å². The van der Waals surface area contributed by atoms with Crippen molar-refractivity contribution in [2.45, 2.75) is 32.9 Å². The fourth-order valence-corrected chi connectivity index (χ4v) is 2.57. The number of guanidine groups is 1. The van der Waals surface area contributed by atoms with Crippen molar-refractivity contribution >= 4 is 17.6 Å². The highest BCUT2D eigenvalue weighted by atomic mass is 19.1. The summed E-state index contributed by atoms with van der Waals surface area (Å²) in [5, 5.41) is 11.5. The zero-order valence-corrected chi connectivity index (χ0v) is 12.5. The Morgan fingerprint density at radius 3 is 3.05 bits per heavy atom. The van der Waals surface area contributed by atoms with Gasteiger partial charge in [0.25, 0.3) is 0 Å². The number of nitrogens with one attached hydrogen (secondary N) is 1. The van der Waals surface area contributed by atoms with Crippen LogP contribution in [-0.4, -0.2) is 22.8 Å². The van der Waals surface area contributed by atoms with E-state index in [1.54, 1.807) is 11.1 Å². The Labute approximate surface area is 128 Å². The molecule has 6 nitrogen and oxygen atoms in total. The average molecular weight is 303 g/mol. The maximum Gasteiger partial charge on any atom is 0.247 e. The van der Waals surface area contributed by atoms with E-state index in [1.165, 1.54) is 18.2 Å². The van der Waals surface area contributed by atoms with Gasteiger partial charge in [-0.3, -0.25) is 4.79 Å². The van der Waals surface area contributed by atoms with E-state index in [0.29, 0.717) is 11.3 Å². The third-order valence-electron chi connectivity index (χ3n) is 3.91. The molecule has 0 bridgehead atoms. The molecule has 0 saturated carbocycles. The van der Waals surface area contributed by atoms with Crippen LogP contribution in [0.1, 0.15) is 25.8 Å². The Bertz CT molecular complexity index is 652. The van der Waals surface area contributed by atoms with Crippen LogP contribution in [0, 0.1) is 23.2 Å². The van der Waals surface area contributed by atoms with Gasteiger partial charge < -0.3 is 16.0 Å². The molecule has 3 N–H and O–H groups in total. The lowest BCUT2D eigenvalue weighted by Gasteiger charge is -2.32. The number of carbonyl (C=O) groups excluding carboxylic acids is 1. The highest BCUT2D eigenvalue weighted by molar-refractivity contribution is 5.99. The highest BCUT2D eigenvalue weighted by Gasteiger charge is 2.35. The van der Waals surface area contributed by atoms with Gasteiger partial charge in [-0.1, -0.05) is 20.3 Å². The summed E-state index contributed by atoms with van der Waals surface area (Å²) in [5.74, 6) is -0.687. The highest BCUT2D eigenvalue weighted by Crippen LogP contribution is 2.27. The van der Waals surface area contributed by atoms with Crippen LogP contribution in [0.2, 0.25) is 0 Å². The second-order valence-corrected chi connectivity index (χ2v) is 5.32. The predicted octanol–water partition coefficient (Wildman–Crippen LogP) is 1.79. The monoisotopic (exact) mass is 303 g/mol. The number of nitriles is 1. The Kier molecular flexibility index (Phi) is 4.61. The van der Waals surface area contributed by atoms with Crippen LogP contribution in [0.3, 0.4) is 0 Å². The Hall–Kier alpha value is -2.62. The van der Waals surface area contributed by atoms with Crippen molar-refractivity contribution in [3.05, 3.63) is 29.6 Å². The first kappa shape index (κ1) is 15.8. The summed E-state index contributed by atoms with van der Waals surface area (Å²) in [6.45, 7) is 4.09. The van der Waals surface area contributed by atoms with Crippen LogP contribution in [0.15, 0.2) is 23.2 Å². The first-order chi connectivity index (χ1) is 10.5. The average Bonchev–Trinajstić information content (AvgIpc) is 2.62. The van der Waals surface area contributed by atoms with Crippen molar-refractivity contribution in [2.75, 3.05) is 5.32 Å². The van der Waals surface area contributed by atoms with Gasteiger partial charge >= 0.3 is 0 Å². The lowest BCUT2D eigenvalue weighted by molar-refractivity contribution is -0.121. The van der Waals surface area contributed by atoms with Crippen LogP contribution < -0.4 is 11.1 Å². The standard InChI is InChI=1S/C15H18FN5O/c1-3-9(2)13-14(22)20-12-5-4-11(16)6-10(12)7-21(13)15(18)19-8-17/h4-6,9,13H,3,7H2,1-2H3,(H2,18,19)(H,20,22). The molecule has 0 fully saturated rings. The molecule has 7 heteroatoms. The fourth-order valence-electron chi connectivity index (χ4n) is 2.57. The van der Waals surface area contributed by atoms with Crippen LogP contribution >= 0.6 is 0 Å². The molecule has 22 heavy (non-hydrogen) atoms. The van der Waals surface area contributed by atoms with E-state index in [-0.39, 0.29) is 24.3 Å². The fraction of sp³-hybridized carbons (Fsp3) is 0.400. The molecule has 1 aliphatic heterocycles. The maximum atomic E-state index is 13.5. The number of aliphatic imine (C=N–C) groups is 1. The third kappa shape index (κ3) is 3.01. The van der Waals surface area contributed by atoms with Gasteiger partial charge in [0.15, 0.2) is 0 Å². The maximum absolute atomic E-state index is 13.5. The number of rotatable bonds is 2. The van der Waals surface area contributed by atoms with Crippen LogP contribution in [0.5, 0.6) is 0 Å². The zero-order valence-electron chi connectivity index (χ0n) is 12.5. The molecule has 0 aliphatic carbocycles. The quantitative estimate of drug-likeness (QED) is 0.495. The van der Waals surface area contributed by atoms with Gasteiger partial charge in [0.05, 0.1) is 0 Å². The SMILES string of the molecule is CCC(C)C1C(=O)Nc2ccc(F)cc2CN1C(N)=NC#N. The second-order valence-electron chi connectivity index (χ2n) is 5.32. The number of carbonyl (C=O) groups is 1. The molecule has 0 spiro atoms. The molecule has 2 atom stereocenters. The number of nitrogens with zero attached hydrogens (tertiary/aromatic N) is 3. The van der Waals surface area contributed by atoms with Gasteiger partial charge in [-0.05, 0) is 29.7 Å². The Balaban J connectivity index is 2.51. The number of nitrogens with two attached hydrogens (primary N) is 1. The summed E-state index contributed by atoms with van der Waals surface area (Å²) in [6, 6.07) is 3.59. The number of benzene rings is 1. The van der Waals surface area contributed by atoms with Crippen LogP contribution in [0.25, 0.3) is 0 Å². The minimum absolute atomic E-state index is 0.00778. The van der Waals surface area contributed by atoms with E-state index in [4.69, 9.17) is 11.0 Å². The molecule has 2 rings (SSSR count). The van der Waals surface area contributed by atoms with E-state index in [9.17, 15) is 9.18 Å². The number of halogens is 1. The van der Waals surface area contributed by atoms with Crippen molar-refractivity contribution in [1.29, 1.82) is 5.26 Å². The molecule has 1 aliphatic rings. The summed E-state index contributed by atoms with van der Waals surface area (Å²) in [6.07, 6.45) is 2.38. The lowest BCUT2D eigenvalue weighted by atomic mass is 9.97. The molecule has 116 valence electrons. The Morgan fingerprint density at radius 2 is 2.41 bits per heavy atom. The van der Waals surface area contributed by atoms with Crippen molar-refractivity contribution in [1.82, 2.24) is 4.90 Å². The summed E-state index contributed by atoms with van der Waals surface area (Å²) < 4.78 is 13.5. The predicted molar refractivity (Wildman–Crippen MR) is 81.1 cm³/mol. The topological polar surface area (TPSA) is 94.5 Å². The number of amides is 1. The first-order valence-corrected chi connectivity index (χ1v) is 7.06. The molecule has 2 unspecified atom stereocenters. The lowest BCUT2D eigenvalue weighted by Crippen LogP contribution is -2.51. The molecule has 1 amide bonds. The van der Waals surface area contributed by atoms with E-state index < -0.39 is 11.9 Å². The van der Waals surface area contributed by atoms with E-state index in [0.717, 1.165) is 6.42 Å². The van der Waals surface area contributed by atoms with Gasteiger partial charge in [-0.25, -0.2) is 4.39 Å². The minimum atomic E-state index is -0.572. The van der Waals surface area contributed by atoms with Crippen molar-refractivity contribution < 1.29 is 9.18 Å². The summed E-state index contributed by atoms with van der Waals surface area (Å²) in [5.41, 5.74) is 6.99. The van der Waals surface area contributed by atoms with Crippen molar-refractivity contribution in [2.24, 2.45) is 16.6 Å². The minimum Gasteiger partial charge on any atom is -0.369 e. The normalized spacial score (nSPS) is 19.7. The molecule has 1 heterocycles. The zero-order chi connectivity index (χ0) is 16.3. The third-order valence-corrected chi connectivity index (χ3v) is 3.91. The molecular weight excluding hydrogens is 285 g/mol. The molecule has 0 aromatic heterocycles. The van der Waals surface area contributed by atoms with E-state index in [1.807, 2.05) is 13.8 Å². The van der Waals surface area contributed by atoms with Crippen molar-refractivity contribution in [3.8, 4) is 6.19 Å². The van der Waals surface area contributed by atoms with Crippen LogP contribution in [0.4, 0.5) is 10.1 Å². The molecule has 0 saturated heterocycles. The van der Waals surface area contributed by atoms with Gasteiger partial charge in [-0.15, -0.1) is 4.99 Å². The van der Waals surface area contributed by atoms with Gasteiger partial charge in [0.1, 0.15) is 11.9 Å². The Morgan fingerprint density at radius 1 is 1.68 bits per heavy atom. The van der Waals surface area contributed by atoms with Gasteiger partial charge in [0.2, 0.25) is 18.1 Å². The number of anilines is 1. The number of fused-ring (bicyclic) bond motifs is 1.